The van der Waals surface area contributed by atoms with Crippen LogP contribution in [0.1, 0.15) is 36.3 Å². The van der Waals surface area contributed by atoms with Gasteiger partial charge in [-0.1, -0.05) is 17.3 Å². The minimum Gasteiger partial charge on any atom is -0.339 e. The summed E-state index contributed by atoms with van der Waals surface area (Å²) in [5.41, 5.74) is 2.11. The van der Waals surface area contributed by atoms with E-state index in [0.717, 1.165) is 28.6 Å². The second-order valence-corrected chi connectivity index (χ2v) is 5.06. The number of aromatic nitrogens is 4. The molecular formula is C14H14N4O. The third-order valence-corrected chi connectivity index (χ3v) is 3.56. The van der Waals surface area contributed by atoms with Crippen molar-refractivity contribution in [1.29, 1.82) is 0 Å². The van der Waals surface area contributed by atoms with Crippen LogP contribution in [0, 0.1) is 6.92 Å². The molecule has 1 aliphatic rings. The molecule has 96 valence electrons. The fourth-order valence-electron chi connectivity index (χ4n) is 2.36. The Morgan fingerprint density at radius 2 is 2.11 bits per heavy atom. The van der Waals surface area contributed by atoms with Gasteiger partial charge >= 0.3 is 0 Å². The van der Waals surface area contributed by atoms with Gasteiger partial charge in [-0.05, 0) is 31.9 Å². The summed E-state index contributed by atoms with van der Waals surface area (Å²) in [4.78, 5) is 9.01. The van der Waals surface area contributed by atoms with Gasteiger partial charge in [0.25, 0.3) is 0 Å². The molecule has 0 atom stereocenters. The molecule has 5 nitrogen and oxygen atoms in total. The van der Waals surface area contributed by atoms with E-state index in [1.165, 1.54) is 12.8 Å². The molecule has 1 aliphatic carbocycles. The van der Waals surface area contributed by atoms with Crippen LogP contribution in [0.15, 0.2) is 28.8 Å². The zero-order chi connectivity index (χ0) is 12.8. The van der Waals surface area contributed by atoms with Crippen LogP contribution in [0.3, 0.4) is 0 Å². The summed E-state index contributed by atoms with van der Waals surface area (Å²) in [7, 11) is 0. The Morgan fingerprint density at radius 3 is 2.95 bits per heavy atom. The van der Waals surface area contributed by atoms with E-state index in [1.807, 2.05) is 25.1 Å². The lowest BCUT2D eigenvalue weighted by atomic mass is 10.3. The zero-order valence-electron chi connectivity index (χ0n) is 10.7. The summed E-state index contributed by atoms with van der Waals surface area (Å²) in [6.45, 7) is 2.62. The summed E-state index contributed by atoms with van der Waals surface area (Å²) in [5.74, 6) is 2.99. The molecule has 0 saturated heterocycles. The van der Waals surface area contributed by atoms with E-state index in [2.05, 4.69) is 25.8 Å². The topological polar surface area (TPSA) is 56.7 Å². The Morgan fingerprint density at radius 1 is 1.26 bits per heavy atom. The maximum atomic E-state index is 5.29. The first kappa shape index (κ1) is 10.7. The number of fused-ring (bicyclic) bond motifs is 1. The van der Waals surface area contributed by atoms with Crippen molar-refractivity contribution < 1.29 is 4.52 Å². The average molecular weight is 254 g/mol. The van der Waals surface area contributed by atoms with Gasteiger partial charge in [-0.3, -0.25) is 0 Å². The highest BCUT2D eigenvalue weighted by atomic mass is 16.5. The summed E-state index contributed by atoms with van der Waals surface area (Å²) >= 11 is 0. The Balaban J connectivity index is 1.71. The molecule has 0 N–H and O–H groups in total. The number of nitrogens with zero attached hydrogens (tertiary/aromatic N) is 4. The van der Waals surface area contributed by atoms with Gasteiger partial charge in [-0.25, -0.2) is 4.98 Å². The Labute approximate surface area is 110 Å². The van der Waals surface area contributed by atoms with E-state index in [4.69, 9.17) is 4.52 Å². The average Bonchev–Trinajstić information content (AvgIpc) is 3.09. The van der Waals surface area contributed by atoms with Crippen LogP contribution >= 0.6 is 0 Å². The molecule has 0 radical (unpaired) electrons. The molecule has 3 aromatic rings. The summed E-state index contributed by atoms with van der Waals surface area (Å²) in [5, 5.41) is 4.07. The maximum absolute atomic E-state index is 5.29. The molecule has 0 bridgehead atoms. The van der Waals surface area contributed by atoms with Crippen molar-refractivity contribution in [1.82, 2.24) is 19.7 Å². The number of para-hydroxylation sites is 2. The molecule has 4 rings (SSSR count). The molecule has 1 fully saturated rings. The van der Waals surface area contributed by atoms with Gasteiger partial charge in [0, 0.05) is 5.92 Å². The van der Waals surface area contributed by atoms with Gasteiger partial charge in [0.1, 0.15) is 5.82 Å². The van der Waals surface area contributed by atoms with Gasteiger partial charge < -0.3 is 9.09 Å². The smallest absolute Gasteiger partial charge is 0.229 e. The minimum atomic E-state index is 0.502. The molecule has 2 heterocycles. The molecular weight excluding hydrogens is 240 g/mol. The standard InChI is InChI=1S/C14H14N4O/c1-9-15-11-4-2-3-5-12(11)18(9)8-13-16-14(19-17-13)10-6-7-10/h2-5,10H,6-8H2,1H3. The monoisotopic (exact) mass is 254 g/mol. The summed E-state index contributed by atoms with van der Waals surface area (Å²) in [6, 6.07) is 8.10. The number of benzene rings is 1. The quantitative estimate of drug-likeness (QED) is 0.721. The highest BCUT2D eigenvalue weighted by Crippen LogP contribution is 2.38. The van der Waals surface area contributed by atoms with E-state index in [1.54, 1.807) is 0 Å². The number of hydrogen-bond donors (Lipinski definition) is 0. The van der Waals surface area contributed by atoms with Gasteiger partial charge in [-0.2, -0.15) is 4.98 Å². The van der Waals surface area contributed by atoms with E-state index in [9.17, 15) is 0 Å². The second kappa shape index (κ2) is 3.91. The normalized spacial score (nSPS) is 15.2. The molecule has 0 amide bonds. The molecule has 2 aromatic heterocycles. The Hall–Kier alpha value is -2.17. The van der Waals surface area contributed by atoms with Crippen LogP contribution < -0.4 is 0 Å². The van der Waals surface area contributed by atoms with Gasteiger partial charge in [0.15, 0.2) is 5.82 Å². The fraction of sp³-hybridized carbons (Fsp3) is 0.357. The van der Waals surface area contributed by atoms with Crippen LogP contribution in [0.5, 0.6) is 0 Å². The molecule has 0 unspecified atom stereocenters. The molecule has 1 aromatic carbocycles. The van der Waals surface area contributed by atoms with Crippen molar-refractivity contribution in [3.63, 3.8) is 0 Å². The highest BCUT2D eigenvalue weighted by molar-refractivity contribution is 5.75. The van der Waals surface area contributed by atoms with Crippen LogP contribution in [-0.4, -0.2) is 19.7 Å². The second-order valence-electron chi connectivity index (χ2n) is 5.06. The third kappa shape index (κ3) is 1.82. The first-order chi connectivity index (χ1) is 9.31. The van der Waals surface area contributed by atoms with Gasteiger partial charge in [-0.15, -0.1) is 0 Å². The van der Waals surface area contributed by atoms with Crippen molar-refractivity contribution in [2.24, 2.45) is 0 Å². The van der Waals surface area contributed by atoms with E-state index in [0.29, 0.717) is 12.5 Å². The van der Waals surface area contributed by atoms with E-state index in [-0.39, 0.29) is 0 Å². The first-order valence-corrected chi connectivity index (χ1v) is 6.55. The van der Waals surface area contributed by atoms with Crippen LogP contribution in [0.4, 0.5) is 0 Å². The predicted octanol–water partition coefficient (Wildman–Crippen LogP) is 2.65. The van der Waals surface area contributed by atoms with Crippen molar-refractivity contribution in [3.8, 4) is 0 Å². The van der Waals surface area contributed by atoms with E-state index < -0.39 is 0 Å². The van der Waals surface area contributed by atoms with E-state index >= 15 is 0 Å². The number of hydrogen-bond acceptors (Lipinski definition) is 4. The van der Waals surface area contributed by atoms with Crippen molar-refractivity contribution in [3.05, 3.63) is 41.8 Å². The van der Waals surface area contributed by atoms with Crippen LogP contribution in [0.25, 0.3) is 11.0 Å². The minimum absolute atomic E-state index is 0.502. The Bertz CT molecular complexity index is 739. The number of aryl methyl sites for hydroxylation is 1. The molecule has 1 saturated carbocycles. The van der Waals surface area contributed by atoms with Crippen molar-refractivity contribution >= 4 is 11.0 Å². The highest BCUT2D eigenvalue weighted by Gasteiger charge is 2.29. The maximum Gasteiger partial charge on any atom is 0.229 e. The molecule has 5 heteroatoms. The van der Waals surface area contributed by atoms with Crippen molar-refractivity contribution in [2.45, 2.75) is 32.2 Å². The number of rotatable bonds is 3. The lowest BCUT2D eigenvalue weighted by Gasteiger charge is -2.02. The first-order valence-electron chi connectivity index (χ1n) is 6.55. The molecule has 19 heavy (non-hydrogen) atoms. The zero-order valence-corrected chi connectivity index (χ0v) is 10.7. The van der Waals surface area contributed by atoms with Crippen molar-refractivity contribution in [2.75, 3.05) is 0 Å². The lowest BCUT2D eigenvalue weighted by molar-refractivity contribution is 0.373. The summed E-state index contributed by atoms with van der Waals surface area (Å²) in [6.07, 6.45) is 2.35. The summed E-state index contributed by atoms with van der Waals surface area (Å²) < 4.78 is 7.42. The van der Waals surface area contributed by atoms with Gasteiger partial charge in [0.05, 0.1) is 17.6 Å². The SMILES string of the molecule is Cc1nc2ccccc2n1Cc1noc(C2CC2)n1. The molecule has 0 aliphatic heterocycles. The predicted molar refractivity (Wildman–Crippen MR) is 69.8 cm³/mol. The van der Waals surface area contributed by atoms with Crippen LogP contribution in [-0.2, 0) is 6.54 Å². The van der Waals surface area contributed by atoms with Crippen LogP contribution in [0.2, 0.25) is 0 Å². The number of imidazole rings is 1. The Kier molecular flexibility index (Phi) is 2.21. The fourth-order valence-corrected chi connectivity index (χ4v) is 2.36. The van der Waals surface area contributed by atoms with Gasteiger partial charge in [0.2, 0.25) is 5.89 Å². The largest absolute Gasteiger partial charge is 0.339 e. The molecule has 0 spiro atoms. The third-order valence-electron chi connectivity index (χ3n) is 3.56. The lowest BCUT2D eigenvalue weighted by Crippen LogP contribution is -2.03.